The second kappa shape index (κ2) is 7.80. The molecule has 23 heavy (non-hydrogen) atoms. The van der Waals surface area contributed by atoms with Crippen molar-refractivity contribution < 1.29 is 4.79 Å². The molecule has 3 nitrogen and oxygen atoms in total. The van der Waals surface area contributed by atoms with Crippen molar-refractivity contribution in [1.82, 2.24) is 9.80 Å². The van der Waals surface area contributed by atoms with Crippen LogP contribution in [0.1, 0.15) is 57.1 Å². The van der Waals surface area contributed by atoms with Crippen LogP contribution < -0.4 is 0 Å². The van der Waals surface area contributed by atoms with Gasteiger partial charge in [-0.15, -0.1) is 0 Å². The Morgan fingerprint density at radius 3 is 2.87 bits per heavy atom. The molecule has 0 N–H and O–H groups in total. The zero-order valence-electron chi connectivity index (χ0n) is 14.0. The van der Waals surface area contributed by atoms with E-state index in [1.807, 2.05) is 0 Å². The van der Waals surface area contributed by atoms with Crippen molar-refractivity contribution in [3.05, 3.63) is 34.3 Å². The van der Waals surface area contributed by atoms with Gasteiger partial charge in [0.25, 0.3) is 0 Å². The summed E-state index contributed by atoms with van der Waals surface area (Å²) in [5.41, 5.74) is 1.33. The fourth-order valence-corrected chi connectivity index (χ4v) is 4.54. The third-order valence-electron chi connectivity index (χ3n) is 5.35. The van der Waals surface area contributed by atoms with Crippen molar-refractivity contribution in [3.63, 3.8) is 0 Å². The molecule has 0 saturated carbocycles. The van der Waals surface area contributed by atoms with Gasteiger partial charge in [0.15, 0.2) is 0 Å². The zero-order chi connectivity index (χ0) is 16.2. The van der Waals surface area contributed by atoms with Crippen LogP contribution in [-0.4, -0.2) is 41.4 Å². The van der Waals surface area contributed by atoms with Crippen molar-refractivity contribution in [1.29, 1.82) is 0 Å². The Balaban J connectivity index is 1.67. The molecule has 0 radical (unpaired) electrons. The van der Waals surface area contributed by atoms with Crippen molar-refractivity contribution >= 4 is 21.8 Å². The fourth-order valence-electron chi connectivity index (χ4n) is 4.12. The van der Waals surface area contributed by atoms with Gasteiger partial charge in [0.1, 0.15) is 0 Å². The van der Waals surface area contributed by atoms with Crippen LogP contribution in [0.25, 0.3) is 0 Å². The van der Waals surface area contributed by atoms with E-state index in [1.165, 1.54) is 24.8 Å². The first kappa shape index (κ1) is 17.0. The number of carbonyl (C=O) groups excluding carboxylic acids is 1. The molecular formula is C19H27BrN2O. The number of amides is 1. The van der Waals surface area contributed by atoms with Crippen LogP contribution in [-0.2, 0) is 4.79 Å². The van der Waals surface area contributed by atoms with E-state index in [-0.39, 0.29) is 0 Å². The molecule has 2 heterocycles. The number of carbonyl (C=O) groups is 1. The molecule has 1 amide bonds. The van der Waals surface area contributed by atoms with Gasteiger partial charge in [-0.25, -0.2) is 0 Å². The van der Waals surface area contributed by atoms with Gasteiger partial charge in [-0.1, -0.05) is 35.0 Å². The van der Waals surface area contributed by atoms with Crippen molar-refractivity contribution in [3.8, 4) is 0 Å². The molecule has 2 atom stereocenters. The first-order valence-corrected chi connectivity index (χ1v) is 9.77. The predicted molar refractivity (Wildman–Crippen MR) is 97.3 cm³/mol. The zero-order valence-corrected chi connectivity index (χ0v) is 15.6. The maximum Gasteiger partial charge on any atom is 0.237 e. The van der Waals surface area contributed by atoms with Gasteiger partial charge >= 0.3 is 0 Å². The Morgan fingerprint density at radius 2 is 2.09 bits per heavy atom. The molecule has 0 aromatic heterocycles. The molecule has 2 aliphatic rings. The van der Waals surface area contributed by atoms with Crippen LogP contribution in [0.2, 0.25) is 0 Å². The van der Waals surface area contributed by atoms with E-state index in [0.717, 1.165) is 36.8 Å². The number of hydrogen-bond acceptors (Lipinski definition) is 2. The Bertz CT molecular complexity index is 548. The standard InChI is InChI=1S/C19H27BrN2O/c1-2-17-9-3-4-12-22(17)19(23)14-21-11-6-10-18(21)15-7-5-8-16(20)13-15/h5,7-8,13,17-18H,2-4,6,9-12,14H2,1H3. The molecule has 2 fully saturated rings. The molecule has 2 aliphatic heterocycles. The molecule has 3 rings (SSSR count). The highest BCUT2D eigenvalue weighted by atomic mass is 79.9. The Labute approximate surface area is 148 Å². The fraction of sp³-hybridized carbons (Fsp3) is 0.632. The average molecular weight is 379 g/mol. The molecule has 1 aromatic rings. The molecule has 1 aromatic carbocycles. The van der Waals surface area contributed by atoms with Crippen molar-refractivity contribution in [2.45, 2.75) is 57.5 Å². The monoisotopic (exact) mass is 378 g/mol. The first-order valence-electron chi connectivity index (χ1n) is 8.98. The van der Waals surface area contributed by atoms with E-state index in [9.17, 15) is 4.79 Å². The highest BCUT2D eigenvalue weighted by molar-refractivity contribution is 9.10. The summed E-state index contributed by atoms with van der Waals surface area (Å²) in [6.07, 6.45) is 7.03. The van der Waals surface area contributed by atoms with E-state index in [0.29, 0.717) is 24.5 Å². The largest absolute Gasteiger partial charge is 0.339 e. The molecule has 2 saturated heterocycles. The minimum Gasteiger partial charge on any atom is -0.339 e. The van der Waals surface area contributed by atoms with Crippen molar-refractivity contribution in [2.24, 2.45) is 0 Å². The highest BCUT2D eigenvalue weighted by Crippen LogP contribution is 2.33. The van der Waals surface area contributed by atoms with Gasteiger partial charge in [0.2, 0.25) is 5.91 Å². The Kier molecular flexibility index (Phi) is 5.76. The van der Waals surface area contributed by atoms with Gasteiger partial charge in [-0.05, 0) is 62.8 Å². The van der Waals surface area contributed by atoms with E-state index < -0.39 is 0 Å². The van der Waals surface area contributed by atoms with Gasteiger partial charge in [0, 0.05) is 23.1 Å². The average Bonchev–Trinajstić information content (AvgIpc) is 3.03. The summed E-state index contributed by atoms with van der Waals surface area (Å²) in [6, 6.07) is 9.39. The number of nitrogens with zero attached hydrogens (tertiary/aromatic N) is 2. The van der Waals surface area contributed by atoms with Gasteiger partial charge < -0.3 is 4.90 Å². The third-order valence-corrected chi connectivity index (χ3v) is 5.85. The summed E-state index contributed by atoms with van der Waals surface area (Å²) in [4.78, 5) is 17.4. The normalized spacial score (nSPS) is 25.7. The topological polar surface area (TPSA) is 23.6 Å². The molecule has 0 spiro atoms. The van der Waals surface area contributed by atoms with Gasteiger partial charge in [-0.3, -0.25) is 9.69 Å². The lowest BCUT2D eigenvalue weighted by Crippen LogP contribution is -2.47. The van der Waals surface area contributed by atoms with Crippen molar-refractivity contribution in [2.75, 3.05) is 19.6 Å². The van der Waals surface area contributed by atoms with Crippen LogP contribution in [0.3, 0.4) is 0 Å². The second-order valence-corrected chi connectivity index (χ2v) is 7.74. The SMILES string of the molecule is CCC1CCCCN1C(=O)CN1CCCC1c1cccc(Br)c1. The van der Waals surface area contributed by atoms with Gasteiger partial charge in [0.05, 0.1) is 6.54 Å². The first-order chi connectivity index (χ1) is 11.2. The number of benzene rings is 1. The van der Waals surface area contributed by atoms with E-state index >= 15 is 0 Å². The lowest BCUT2D eigenvalue weighted by molar-refractivity contribution is -0.136. The number of halogens is 1. The van der Waals surface area contributed by atoms with Crippen LogP contribution in [0.5, 0.6) is 0 Å². The molecule has 4 heteroatoms. The molecule has 0 bridgehead atoms. The second-order valence-electron chi connectivity index (χ2n) is 6.83. The summed E-state index contributed by atoms with van der Waals surface area (Å²) < 4.78 is 1.12. The lowest BCUT2D eigenvalue weighted by Gasteiger charge is -2.37. The maximum atomic E-state index is 12.8. The number of piperidine rings is 1. The highest BCUT2D eigenvalue weighted by Gasteiger charge is 2.31. The van der Waals surface area contributed by atoms with E-state index in [4.69, 9.17) is 0 Å². The minimum absolute atomic E-state index is 0.332. The number of likely N-dealkylation sites (tertiary alicyclic amines) is 2. The van der Waals surface area contributed by atoms with Crippen LogP contribution in [0, 0.1) is 0 Å². The quantitative estimate of drug-likeness (QED) is 0.775. The summed E-state index contributed by atoms with van der Waals surface area (Å²) in [7, 11) is 0. The summed E-state index contributed by atoms with van der Waals surface area (Å²) in [6.45, 7) is 4.77. The molecular weight excluding hydrogens is 352 g/mol. The van der Waals surface area contributed by atoms with Crippen LogP contribution >= 0.6 is 15.9 Å². The number of hydrogen-bond donors (Lipinski definition) is 0. The Morgan fingerprint density at radius 1 is 1.22 bits per heavy atom. The summed E-state index contributed by atoms with van der Waals surface area (Å²) in [5.74, 6) is 0.332. The molecule has 126 valence electrons. The molecule has 2 unspecified atom stereocenters. The smallest absolute Gasteiger partial charge is 0.237 e. The molecule has 0 aliphatic carbocycles. The van der Waals surface area contributed by atoms with Crippen LogP contribution in [0.4, 0.5) is 0 Å². The maximum absolute atomic E-state index is 12.8. The Hall–Kier alpha value is -0.870. The third kappa shape index (κ3) is 3.97. The minimum atomic E-state index is 0.332. The van der Waals surface area contributed by atoms with E-state index in [2.05, 4.69) is 56.9 Å². The number of rotatable bonds is 4. The predicted octanol–water partition coefficient (Wildman–Crippen LogP) is 4.38. The van der Waals surface area contributed by atoms with Crippen LogP contribution in [0.15, 0.2) is 28.7 Å². The summed E-state index contributed by atoms with van der Waals surface area (Å²) in [5, 5.41) is 0. The van der Waals surface area contributed by atoms with Gasteiger partial charge in [-0.2, -0.15) is 0 Å². The summed E-state index contributed by atoms with van der Waals surface area (Å²) >= 11 is 3.57. The lowest BCUT2D eigenvalue weighted by atomic mass is 10.00. The van der Waals surface area contributed by atoms with E-state index in [1.54, 1.807) is 0 Å².